The van der Waals surface area contributed by atoms with E-state index in [9.17, 15) is 27.9 Å². The number of rotatable bonds is 6. The number of halogens is 3. The molecule has 0 aliphatic carbocycles. The van der Waals surface area contributed by atoms with Crippen LogP contribution < -0.4 is 5.32 Å². The summed E-state index contributed by atoms with van der Waals surface area (Å²) in [7, 11) is 0. The van der Waals surface area contributed by atoms with Gasteiger partial charge in [0.1, 0.15) is 5.54 Å². The first-order valence-electron chi connectivity index (χ1n) is 6.72. The molecule has 1 heterocycles. The van der Waals surface area contributed by atoms with Crippen LogP contribution in [0.2, 0.25) is 0 Å². The largest absolute Gasteiger partial charge is 0.479 e. The van der Waals surface area contributed by atoms with Crippen molar-refractivity contribution in [3.8, 4) is 0 Å². The molecule has 0 spiro atoms. The predicted octanol–water partition coefficient (Wildman–Crippen LogP) is 2.67. The predicted molar refractivity (Wildman–Crippen MR) is 73.1 cm³/mol. The summed E-state index contributed by atoms with van der Waals surface area (Å²) in [5.74, 6) is -1.35. The van der Waals surface area contributed by atoms with E-state index < -0.39 is 23.0 Å². The van der Waals surface area contributed by atoms with Crippen LogP contribution in [0, 0.1) is 0 Å². The Morgan fingerprint density at radius 2 is 2.10 bits per heavy atom. The fourth-order valence-corrected chi connectivity index (χ4v) is 3.03. The summed E-state index contributed by atoms with van der Waals surface area (Å²) in [6.45, 7) is 1.99. The van der Waals surface area contributed by atoms with E-state index in [1.165, 1.54) is 4.90 Å². The van der Waals surface area contributed by atoms with E-state index in [0.717, 1.165) is 0 Å². The Balaban J connectivity index is 2.57. The highest BCUT2D eigenvalue weighted by molar-refractivity contribution is 8.00. The first kappa shape index (κ1) is 17.9. The Morgan fingerprint density at radius 3 is 2.62 bits per heavy atom. The Bertz CT molecular complexity index is 392. The monoisotopic (exact) mass is 328 g/mol. The number of alkyl halides is 3. The van der Waals surface area contributed by atoms with Crippen LogP contribution in [0.5, 0.6) is 0 Å². The van der Waals surface area contributed by atoms with Gasteiger partial charge in [0.15, 0.2) is 0 Å². The maximum atomic E-state index is 12.0. The van der Waals surface area contributed by atoms with Crippen LogP contribution in [0.3, 0.4) is 0 Å². The van der Waals surface area contributed by atoms with E-state index in [0.29, 0.717) is 32.2 Å². The van der Waals surface area contributed by atoms with Crippen LogP contribution in [-0.4, -0.2) is 51.9 Å². The lowest BCUT2D eigenvalue weighted by Gasteiger charge is -2.34. The number of urea groups is 1. The Labute approximate surface area is 125 Å². The lowest BCUT2D eigenvalue weighted by atomic mass is 9.91. The van der Waals surface area contributed by atoms with Crippen molar-refractivity contribution >= 4 is 23.8 Å². The minimum atomic E-state index is -4.33. The molecule has 1 atom stereocenters. The molecule has 0 radical (unpaired) electrons. The molecule has 0 aromatic rings. The van der Waals surface area contributed by atoms with Gasteiger partial charge in [-0.3, -0.25) is 0 Å². The molecular weight excluding hydrogens is 309 g/mol. The van der Waals surface area contributed by atoms with Crippen molar-refractivity contribution in [3.63, 3.8) is 0 Å². The highest BCUT2D eigenvalue weighted by Crippen LogP contribution is 2.34. The number of carbonyl (C=O) groups excluding carboxylic acids is 1. The van der Waals surface area contributed by atoms with Crippen LogP contribution in [0.4, 0.5) is 18.0 Å². The minimum absolute atomic E-state index is 0.151. The number of nitrogens with one attached hydrogen (secondary N) is 1. The number of carbonyl (C=O) groups is 2. The maximum Gasteiger partial charge on any atom is 0.441 e. The molecule has 21 heavy (non-hydrogen) atoms. The minimum Gasteiger partial charge on any atom is -0.479 e. The Morgan fingerprint density at radius 1 is 1.43 bits per heavy atom. The second-order valence-electron chi connectivity index (χ2n) is 4.87. The van der Waals surface area contributed by atoms with E-state index in [1.54, 1.807) is 0 Å². The SMILES string of the molecule is CCCC1(C(=O)O)CCCN1C(=O)NCCSC(F)(F)F. The molecule has 5 nitrogen and oxygen atoms in total. The maximum absolute atomic E-state index is 12.0. The topological polar surface area (TPSA) is 69.6 Å². The van der Waals surface area contributed by atoms with E-state index in [1.807, 2.05) is 6.92 Å². The Kier molecular flexibility index (Phi) is 6.18. The number of nitrogens with zero attached hydrogens (tertiary/aromatic N) is 1. The van der Waals surface area contributed by atoms with Gasteiger partial charge in [0.05, 0.1) is 0 Å². The molecule has 1 unspecified atom stereocenters. The normalized spacial score (nSPS) is 22.4. The van der Waals surface area contributed by atoms with Crippen LogP contribution in [0.25, 0.3) is 0 Å². The smallest absolute Gasteiger partial charge is 0.441 e. The van der Waals surface area contributed by atoms with Gasteiger partial charge in [-0.2, -0.15) is 13.2 Å². The molecular formula is C12H19F3N2O3S. The molecule has 0 bridgehead atoms. The third kappa shape index (κ3) is 4.69. The summed E-state index contributed by atoms with van der Waals surface area (Å²) in [6, 6.07) is -0.605. The molecule has 1 aliphatic heterocycles. The molecule has 0 saturated carbocycles. The molecule has 1 fully saturated rings. The summed E-state index contributed by atoms with van der Waals surface area (Å²) >= 11 is -0.215. The average molecular weight is 328 g/mol. The molecule has 122 valence electrons. The number of hydrogen-bond donors (Lipinski definition) is 2. The lowest BCUT2D eigenvalue weighted by Crippen LogP contribution is -2.56. The van der Waals surface area contributed by atoms with Gasteiger partial charge in [0.25, 0.3) is 0 Å². The van der Waals surface area contributed by atoms with E-state index in [-0.39, 0.29) is 24.1 Å². The van der Waals surface area contributed by atoms with Crippen molar-refractivity contribution < 1.29 is 27.9 Å². The number of carboxylic acid groups (broad SMARTS) is 1. The summed E-state index contributed by atoms with van der Waals surface area (Å²) in [5.41, 5.74) is -5.55. The highest BCUT2D eigenvalue weighted by Gasteiger charge is 2.49. The molecule has 2 N–H and O–H groups in total. The van der Waals surface area contributed by atoms with Crippen molar-refractivity contribution in [1.82, 2.24) is 10.2 Å². The summed E-state index contributed by atoms with van der Waals surface area (Å²) in [5, 5.41) is 11.8. The zero-order valence-corrected chi connectivity index (χ0v) is 12.5. The van der Waals surface area contributed by atoms with Crippen LogP contribution in [0.1, 0.15) is 32.6 Å². The molecule has 1 aliphatic rings. The molecule has 1 saturated heterocycles. The number of hydrogen-bond acceptors (Lipinski definition) is 3. The quantitative estimate of drug-likeness (QED) is 0.736. The summed E-state index contributed by atoms with van der Waals surface area (Å²) in [6.07, 6.45) is 1.91. The van der Waals surface area contributed by atoms with Crippen LogP contribution in [-0.2, 0) is 4.79 Å². The number of thioether (sulfide) groups is 1. The highest BCUT2D eigenvalue weighted by atomic mass is 32.2. The van der Waals surface area contributed by atoms with Crippen LogP contribution >= 0.6 is 11.8 Å². The van der Waals surface area contributed by atoms with Crippen molar-refractivity contribution in [2.24, 2.45) is 0 Å². The summed E-state index contributed by atoms with van der Waals surface area (Å²) < 4.78 is 35.9. The second-order valence-corrected chi connectivity index (χ2v) is 6.03. The molecule has 2 amide bonds. The zero-order valence-electron chi connectivity index (χ0n) is 11.7. The third-order valence-electron chi connectivity index (χ3n) is 3.44. The van der Waals surface area contributed by atoms with Crippen molar-refractivity contribution in [2.45, 2.75) is 43.7 Å². The van der Waals surface area contributed by atoms with Crippen molar-refractivity contribution in [2.75, 3.05) is 18.8 Å². The summed E-state index contributed by atoms with van der Waals surface area (Å²) in [4.78, 5) is 24.8. The standard InChI is InChI=1S/C12H19F3N2O3S/c1-2-4-11(9(18)19)5-3-7-17(11)10(20)16-6-8-21-12(13,14)15/h2-8H2,1H3,(H,16,20)(H,18,19). The van der Waals surface area contributed by atoms with Gasteiger partial charge in [-0.15, -0.1) is 0 Å². The van der Waals surface area contributed by atoms with E-state index in [4.69, 9.17) is 0 Å². The molecule has 1 rings (SSSR count). The van der Waals surface area contributed by atoms with Gasteiger partial charge < -0.3 is 15.3 Å². The second kappa shape index (κ2) is 7.24. The first-order valence-corrected chi connectivity index (χ1v) is 7.71. The zero-order chi connectivity index (χ0) is 16.1. The number of carboxylic acids is 1. The molecule has 9 heteroatoms. The van der Waals surface area contributed by atoms with E-state index in [2.05, 4.69) is 5.32 Å². The first-order chi connectivity index (χ1) is 9.73. The Hall–Kier alpha value is -1.12. The van der Waals surface area contributed by atoms with Gasteiger partial charge in [-0.05, 0) is 31.0 Å². The molecule has 0 aromatic carbocycles. The van der Waals surface area contributed by atoms with Gasteiger partial charge in [0, 0.05) is 18.8 Å². The van der Waals surface area contributed by atoms with Crippen molar-refractivity contribution in [1.29, 1.82) is 0 Å². The fraction of sp³-hybridized carbons (Fsp3) is 0.833. The number of likely N-dealkylation sites (tertiary alicyclic amines) is 1. The molecule has 0 aromatic heterocycles. The van der Waals surface area contributed by atoms with Gasteiger partial charge in [-0.25, -0.2) is 9.59 Å². The van der Waals surface area contributed by atoms with E-state index >= 15 is 0 Å². The van der Waals surface area contributed by atoms with Gasteiger partial charge in [0.2, 0.25) is 0 Å². The fourth-order valence-electron chi connectivity index (χ4n) is 2.60. The van der Waals surface area contributed by atoms with Crippen LogP contribution in [0.15, 0.2) is 0 Å². The number of amides is 2. The number of aliphatic carboxylic acids is 1. The third-order valence-corrected chi connectivity index (χ3v) is 4.18. The van der Waals surface area contributed by atoms with Gasteiger partial charge >= 0.3 is 17.5 Å². The van der Waals surface area contributed by atoms with Crippen molar-refractivity contribution in [3.05, 3.63) is 0 Å². The average Bonchev–Trinajstić information content (AvgIpc) is 2.79. The van der Waals surface area contributed by atoms with Gasteiger partial charge in [-0.1, -0.05) is 13.3 Å². The lowest BCUT2D eigenvalue weighted by molar-refractivity contribution is -0.148.